The molecule has 0 aliphatic carbocycles. The number of hydrogen-bond acceptors (Lipinski definition) is 3. The van der Waals surface area contributed by atoms with E-state index < -0.39 is 5.97 Å². The van der Waals surface area contributed by atoms with E-state index in [1.165, 1.54) is 6.07 Å². The van der Waals surface area contributed by atoms with E-state index in [0.717, 1.165) is 15.8 Å². The lowest BCUT2D eigenvalue weighted by Crippen LogP contribution is -2.00. The number of hydrogen-bond donors (Lipinski definition) is 1. The molecule has 6 heteroatoms. The van der Waals surface area contributed by atoms with Crippen molar-refractivity contribution in [1.82, 2.24) is 4.98 Å². The molecule has 0 saturated heterocycles. The molecule has 2 aromatic carbocycles. The first kappa shape index (κ1) is 18.5. The largest absolute Gasteiger partial charge is 0.478 e. The number of carboxylic acids is 1. The first-order valence-electron chi connectivity index (χ1n) is 8.37. The number of furan rings is 1. The number of halogens is 2. The van der Waals surface area contributed by atoms with Crippen LogP contribution in [0.25, 0.3) is 34.4 Å². The average Bonchev–Trinajstić information content (AvgIpc) is 3.15. The number of benzene rings is 2. The summed E-state index contributed by atoms with van der Waals surface area (Å²) in [5, 5.41) is 10.5. The van der Waals surface area contributed by atoms with Gasteiger partial charge in [0, 0.05) is 20.4 Å². The van der Waals surface area contributed by atoms with Gasteiger partial charge in [-0.2, -0.15) is 0 Å². The van der Waals surface area contributed by atoms with Gasteiger partial charge < -0.3 is 9.52 Å². The summed E-state index contributed by atoms with van der Waals surface area (Å²) in [5.41, 5.74) is 2.21. The molecular formula is C22H13BrClNO3. The number of carbonyl (C=O) groups is 1. The van der Waals surface area contributed by atoms with Crippen molar-refractivity contribution in [2.45, 2.75) is 0 Å². The summed E-state index contributed by atoms with van der Waals surface area (Å²) in [4.78, 5) is 16.1. The zero-order valence-corrected chi connectivity index (χ0v) is 16.7. The van der Waals surface area contributed by atoms with Crippen molar-refractivity contribution in [1.29, 1.82) is 0 Å². The smallest absolute Gasteiger partial charge is 0.336 e. The standard InChI is InChI=1S/C22H13BrClNO3/c23-14-3-1-13(2-4-14)21-10-8-17(28-21)7-6-16-12-19(22(26)27)18-11-15(24)5-9-20(18)25-16/h1-12H,(H,26,27)/b7-6+. The van der Waals surface area contributed by atoms with Crippen LogP contribution in [-0.4, -0.2) is 16.1 Å². The first-order valence-corrected chi connectivity index (χ1v) is 9.54. The minimum absolute atomic E-state index is 0.155. The van der Waals surface area contributed by atoms with Crippen molar-refractivity contribution in [3.8, 4) is 11.3 Å². The van der Waals surface area contributed by atoms with Crippen molar-refractivity contribution in [2.75, 3.05) is 0 Å². The highest BCUT2D eigenvalue weighted by Crippen LogP contribution is 2.26. The van der Waals surface area contributed by atoms with E-state index in [2.05, 4.69) is 20.9 Å². The van der Waals surface area contributed by atoms with E-state index in [0.29, 0.717) is 27.4 Å². The summed E-state index contributed by atoms with van der Waals surface area (Å²) in [6.07, 6.45) is 3.49. The first-order chi connectivity index (χ1) is 13.5. The Labute approximate surface area is 174 Å². The van der Waals surface area contributed by atoms with Crippen LogP contribution in [0.1, 0.15) is 21.8 Å². The van der Waals surface area contributed by atoms with Gasteiger partial charge in [0.25, 0.3) is 0 Å². The van der Waals surface area contributed by atoms with Gasteiger partial charge >= 0.3 is 5.97 Å². The van der Waals surface area contributed by atoms with E-state index >= 15 is 0 Å². The van der Waals surface area contributed by atoms with Gasteiger partial charge in [-0.05, 0) is 60.7 Å². The Morgan fingerprint density at radius 2 is 1.82 bits per heavy atom. The topological polar surface area (TPSA) is 63.3 Å². The molecule has 0 aliphatic rings. The molecule has 4 nitrogen and oxygen atoms in total. The maximum atomic E-state index is 11.6. The molecule has 138 valence electrons. The van der Waals surface area contributed by atoms with Gasteiger partial charge in [-0.15, -0.1) is 0 Å². The van der Waals surface area contributed by atoms with E-state index in [1.807, 2.05) is 36.4 Å². The van der Waals surface area contributed by atoms with Gasteiger partial charge in [0.15, 0.2) is 0 Å². The molecule has 0 aliphatic heterocycles. The van der Waals surface area contributed by atoms with Crippen LogP contribution < -0.4 is 0 Å². The zero-order valence-electron chi connectivity index (χ0n) is 14.4. The number of pyridine rings is 1. The molecule has 2 heterocycles. The van der Waals surface area contributed by atoms with Crippen LogP contribution in [0.2, 0.25) is 5.02 Å². The summed E-state index contributed by atoms with van der Waals surface area (Å²) < 4.78 is 6.85. The number of nitrogens with zero attached hydrogens (tertiary/aromatic N) is 1. The lowest BCUT2D eigenvalue weighted by atomic mass is 10.1. The summed E-state index contributed by atoms with van der Waals surface area (Å²) in [6, 6.07) is 18.1. The highest BCUT2D eigenvalue weighted by molar-refractivity contribution is 9.10. The van der Waals surface area contributed by atoms with Crippen molar-refractivity contribution >= 4 is 56.6 Å². The summed E-state index contributed by atoms with van der Waals surface area (Å²) in [7, 11) is 0. The summed E-state index contributed by atoms with van der Waals surface area (Å²) >= 11 is 9.40. The number of rotatable bonds is 4. The highest BCUT2D eigenvalue weighted by Gasteiger charge is 2.11. The Kier molecular flexibility index (Phi) is 5.03. The number of carboxylic acid groups (broad SMARTS) is 1. The van der Waals surface area contributed by atoms with E-state index in [9.17, 15) is 9.90 Å². The van der Waals surface area contributed by atoms with Crippen molar-refractivity contribution in [2.24, 2.45) is 0 Å². The van der Waals surface area contributed by atoms with Crippen LogP contribution in [0, 0.1) is 0 Å². The third-order valence-electron chi connectivity index (χ3n) is 4.19. The van der Waals surface area contributed by atoms with Crippen molar-refractivity contribution in [3.05, 3.63) is 87.2 Å². The molecule has 28 heavy (non-hydrogen) atoms. The van der Waals surface area contributed by atoms with E-state index in [-0.39, 0.29) is 5.56 Å². The Hall–Kier alpha value is -2.89. The molecule has 1 N–H and O–H groups in total. The van der Waals surface area contributed by atoms with Gasteiger partial charge in [-0.25, -0.2) is 9.78 Å². The number of fused-ring (bicyclic) bond motifs is 1. The molecule has 4 aromatic rings. The maximum Gasteiger partial charge on any atom is 0.336 e. The molecule has 0 spiro atoms. The Morgan fingerprint density at radius 3 is 2.57 bits per heavy atom. The fraction of sp³-hybridized carbons (Fsp3) is 0. The quantitative estimate of drug-likeness (QED) is 0.369. The van der Waals surface area contributed by atoms with Crippen molar-refractivity contribution in [3.63, 3.8) is 0 Å². The second kappa shape index (κ2) is 7.62. The van der Waals surface area contributed by atoms with Gasteiger partial charge in [-0.3, -0.25) is 0 Å². The minimum atomic E-state index is -1.03. The second-order valence-corrected chi connectivity index (χ2v) is 7.46. The fourth-order valence-corrected chi connectivity index (χ4v) is 3.30. The van der Waals surface area contributed by atoms with Crippen LogP contribution in [0.3, 0.4) is 0 Å². The maximum absolute atomic E-state index is 11.6. The number of aromatic nitrogens is 1. The summed E-state index contributed by atoms with van der Waals surface area (Å²) in [5.74, 6) is 0.368. The van der Waals surface area contributed by atoms with E-state index in [1.54, 1.807) is 30.4 Å². The molecular weight excluding hydrogens is 442 g/mol. The van der Waals surface area contributed by atoms with Crippen LogP contribution in [0.4, 0.5) is 0 Å². The average molecular weight is 455 g/mol. The molecule has 2 aromatic heterocycles. The van der Waals surface area contributed by atoms with Crippen LogP contribution in [0.5, 0.6) is 0 Å². The third kappa shape index (κ3) is 3.86. The Morgan fingerprint density at radius 1 is 1.04 bits per heavy atom. The molecule has 0 radical (unpaired) electrons. The predicted molar refractivity (Wildman–Crippen MR) is 114 cm³/mol. The van der Waals surface area contributed by atoms with Gasteiger partial charge in [0.05, 0.1) is 16.8 Å². The van der Waals surface area contributed by atoms with Gasteiger partial charge in [0.2, 0.25) is 0 Å². The Bertz CT molecular complexity index is 1210. The number of aromatic carboxylic acids is 1. The highest BCUT2D eigenvalue weighted by atomic mass is 79.9. The van der Waals surface area contributed by atoms with Crippen LogP contribution in [0.15, 0.2) is 69.6 Å². The van der Waals surface area contributed by atoms with Gasteiger partial charge in [0.1, 0.15) is 11.5 Å². The van der Waals surface area contributed by atoms with Crippen molar-refractivity contribution < 1.29 is 14.3 Å². The molecule has 0 unspecified atom stereocenters. The summed E-state index contributed by atoms with van der Waals surface area (Å²) in [6.45, 7) is 0. The SMILES string of the molecule is O=C(O)c1cc(/C=C/c2ccc(-c3ccc(Br)cc3)o2)nc2ccc(Cl)cc12. The predicted octanol–water partition coefficient (Wildman–Crippen LogP) is 6.78. The normalized spacial score (nSPS) is 11.4. The molecule has 4 rings (SSSR count). The lowest BCUT2D eigenvalue weighted by Gasteiger charge is -2.04. The molecule has 0 saturated carbocycles. The zero-order chi connectivity index (χ0) is 19.7. The van der Waals surface area contributed by atoms with E-state index in [4.69, 9.17) is 16.0 Å². The fourth-order valence-electron chi connectivity index (χ4n) is 2.86. The monoisotopic (exact) mass is 453 g/mol. The molecule has 0 fully saturated rings. The minimum Gasteiger partial charge on any atom is -0.478 e. The van der Waals surface area contributed by atoms with Crippen LogP contribution >= 0.6 is 27.5 Å². The third-order valence-corrected chi connectivity index (χ3v) is 4.96. The van der Waals surface area contributed by atoms with Crippen LogP contribution in [-0.2, 0) is 0 Å². The molecule has 0 atom stereocenters. The lowest BCUT2D eigenvalue weighted by molar-refractivity contribution is 0.0699. The Balaban J connectivity index is 1.66. The van der Waals surface area contributed by atoms with Gasteiger partial charge in [-0.1, -0.05) is 39.7 Å². The second-order valence-electron chi connectivity index (χ2n) is 6.10. The molecule has 0 amide bonds. The molecule has 0 bridgehead atoms.